The van der Waals surface area contributed by atoms with Gasteiger partial charge in [0.2, 0.25) is 0 Å². The fourth-order valence-corrected chi connectivity index (χ4v) is 3.35. The minimum Gasteiger partial charge on any atom is -0.481 e. The van der Waals surface area contributed by atoms with E-state index in [-0.39, 0.29) is 23.8 Å². The van der Waals surface area contributed by atoms with Crippen molar-refractivity contribution in [3.8, 4) is 0 Å². The lowest BCUT2D eigenvalue weighted by atomic mass is 9.86. The van der Waals surface area contributed by atoms with Crippen molar-refractivity contribution in [3.63, 3.8) is 0 Å². The second-order valence-corrected chi connectivity index (χ2v) is 5.99. The highest BCUT2D eigenvalue weighted by Crippen LogP contribution is 2.31. The molecule has 0 atom stereocenters. The molecule has 0 bridgehead atoms. The number of rotatable bonds is 2. The number of para-hydroxylation sites is 1. The lowest BCUT2D eigenvalue weighted by Crippen LogP contribution is -2.46. The zero-order chi connectivity index (χ0) is 15.7. The fourth-order valence-electron chi connectivity index (χ4n) is 3.35. The molecule has 1 aromatic rings. The maximum Gasteiger partial charge on any atom is 0.322 e. The quantitative estimate of drug-likeness (QED) is 0.882. The number of carboxylic acid groups (broad SMARTS) is 1. The van der Waals surface area contributed by atoms with Gasteiger partial charge < -0.3 is 10.4 Å². The van der Waals surface area contributed by atoms with Crippen molar-refractivity contribution in [2.24, 2.45) is 5.92 Å². The standard InChI is InChI=1S/C16H19FN2O3/c17-13-3-1-2-10-8-9-19(14(10)13)16(22)18-12-6-4-11(5-7-12)15(20)21/h1-3,11-12H,4-9H2,(H,18,22)(H,20,21). The third-order valence-corrected chi connectivity index (χ3v) is 4.59. The van der Waals surface area contributed by atoms with Crippen LogP contribution in [0.4, 0.5) is 14.9 Å². The second-order valence-electron chi connectivity index (χ2n) is 5.99. The van der Waals surface area contributed by atoms with Crippen LogP contribution in [0, 0.1) is 11.7 Å². The average molecular weight is 306 g/mol. The van der Waals surface area contributed by atoms with Crippen LogP contribution in [-0.4, -0.2) is 29.7 Å². The summed E-state index contributed by atoms with van der Waals surface area (Å²) < 4.78 is 13.9. The van der Waals surface area contributed by atoms with E-state index in [9.17, 15) is 14.0 Å². The predicted molar refractivity (Wildman–Crippen MR) is 79.4 cm³/mol. The van der Waals surface area contributed by atoms with Crippen molar-refractivity contribution in [2.75, 3.05) is 11.4 Å². The topological polar surface area (TPSA) is 69.6 Å². The number of amides is 2. The van der Waals surface area contributed by atoms with Gasteiger partial charge in [-0.25, -0.2) is 9.18 Å². The Balaban J connectivity index is 1.62. The van der Waals surface area contributed by atoms with E-state index < -0.39 is 5.97 Å². The number of nitrogens with one attached hydrogen (secondary N) is 1. The number of hydrogen-bond acceptors (Lipinski definition) is 2. The molecule has 0 saturated heterocycles. The molecular formula is C16H19FN2O3. The first-order valence-electron chi connectivity index (χ1n) is 7.64. The molecular weight excluding hydrogens is 287 g/mol. The summed E-state index contributed by atoms with van der Waals surface area (Å²) in [5.41, 5.74) is 1.23. The molecule has 0 radical (unpaired) electrons. The van der Waals surface area contributed by atoms with E-state index in [0.29, 0.717) is 44.3 Å². The van der Waals surface area contributed by atoms with E-state index in [0.717, 1.165) is 5.56 Å². The first kappa shape index (κ1) is 14.8. The molecule has 1 saturated carbocycles. The van der Waals surface area contributed by atoms with Crippen LogP contribution in [0.25, 0.3) is 0 Å². The van der Waals surface area contributed by atoms with Gasteiger partial charge in [0, 0.05) is 12.6 Å². The summed E-state index contributed by atoms with van der Waals surface area (Å²) in [6, 6.07) is 4.54. The van der Waals surface area contributed by atoms with Crippen LogP contribution in [0.2, 0.25) is 0 Å². The number of carboxylic acids is 1. The summed E-state index contributed by atoms with van der Waals surface area (Å²) >= 11 is 0. The Hall–Kier alpha value is -2.11. The van der Waals surface area contributed by atoms with Crippen molar-refractivity contribution in [1.29, 1.82) is 0 Å². The molecule has 2 N–H and O–H groups in total. The molecule has 1 aromatic carbocycles. The SMILES string of the molecule is O=C(O)C1CCC(NC(=O)N2CCc3cccc(F)c32)CC1. The lowest BCUT2D eigenvalue weighted by molar-refractivity contribution is -0.142. The van der Waals surface area contributed by atoms with Crippen molar-refractivity contribution in [1.82, 2.24) is 5.32 Å². The zero-order valence-corrected chi connectivity index (χ0v) is 12.2. The van der Waals surface area contributed by atoms with Crippen LogP contribution in [-0.2, 0) is 11.2 Å². The molecule has 1 aliphatic heterocycles. The van der Waals surface area contributed by atoms with Crippen LogP contribution in [0.5, 0.6) is 0 Å². The number of anilines is 1. The highest BCUT2D eigenvalue weighted by Gasteiger charge is 2.31. The van der Waals surface area contributed by atoms with Gasteiger partial charge in [0.05, 0.1) is 11.6 Å². The van der Waals surface area contributed by atoms with Crippen molar-refractivity contribution in [3.05, 3.63) is 29.6 Å². The molecule has 0 spiro atoms. The Kier molecular flexibility index (Phi) is 4.00. The number of halogens is 1. The number of urea groups is 1. The Bertz CT molecular complexity index is 597. The highest BCUT2D eigenvalue weighted by molar-refractivity contribution is 5.94. The molecule has 2 aliphatic rings. The van der Waals surface area contributed by atoms with Crippen molar-refractivity contribution >= 4 is 17.7 Å². The molecule has 118 valence electrons. The smallest absolute Gasteiger partial charge is 0.322 e. The summed E-state index contributed by atoms with van der Waals surface area (Å²) in [4.78, 5) is 24.8. The highest BCUT2D eigenvalue weighted by atomic mass is 19.1. The van der Waals surface area contributed by atoms with Crippen LogP contribution in [0.3, 0.4) is 0 Å². The van der Waals surface area contributed by atoms with Crippen LogP contribution < -0.4 is 10.2 Å². The largest absolute Gasteiger partial charge is 0.481 e. The van der Waals surface area contributed by atoms with Crippen LogP contribution >= 0.6 is 0 Å². The van der Waals surface area contributed by atoms with E-state index in [4.69, 9.17) is 5.11 Å². The molecule has 6 heteroatoms. The Morgan fingerprint density at radius 2 is 1.95 bits per heavy atom. The summed E-state index contributed by atoms with van der Waals surface area (Å²) in [5.74, 6) is -1.45. The first-order chi connectivity index (χ1) is 10.6. The van der Waals surface area contributed by atoms with E-state index in [1.54, 1.807) is 6.07 Å². The van der Waals surface area contributed by atoms with Crippen molar-refractivity contribution < 1.29 is 19.1 Å². The molecule has 1 heterocycles. The third-order valence-electron chi connectivity index (χ3n) is 4.59. The summed E-state index contributed by atoms with van der Waals surface area (Å²) in [7, 11) is 0. The molecule has 0 unspecified atom stereocenters. The zero-order valence-electron chi connectivity index (χ0n) is 12.2. The molecule has 3 rings (SSSR count). The summed E-state index contributed by atoms with van der Waals surface area (Å²) in [6.45, 7) is 0.479. The van der Waals surface area contributed by atoms with E-state index in [1.165, 1.54) is 11.0 Å². The van der Waals surface area contributed by atoms with E-state index >= 15 is 0 Å². The number of carbonyl (C=O) groups excluding carboxylic acids is 1. The number of benzene rings is 1. The molecule has 22 heavy (non-hydrogen) atoms. The van der Waals surface area contributed by atoms with Gasteiger partial charge >= 0.3 is 12.0 Å². The van der Waals surface area contributed by atoms with Gasteiger partial charge in [0.1, 0.15) is 5.82 Å². The van der Waals surface area contributed by atoms with Gasteiger partial charge in [-0.15, -0.1) is 0 Å². The maximum atomic E-state index is 13.9. The minimum absolute atomic E-state index is 0.0288. The van der Waals surface area contributed by atoms with E-state index in [1.807, 2.05) is 6.07 Å². The van der Waals surface area contributed by atoms with Crippen molar-refractivity contribution in [2.45, 2.75) is 38.1 Å². The van der Waals surface area contributed by atoms with Gasteiger partial charge in [0.15, 0.2) is 0 Å². The van der Waals surface area contributed by atoms with Gasteiger partial charge in [-0.3, -0.25) is 9.69 Å². The lowest BCUT2D eigenvalue weighted by Gasteiger charge is -2.29. The van der Waals surface area contributed by atoms with Gasteiger partial charge in [0.25, 0.3) is 0 Å². The molecule has 2 amide bonds. The Morgan fingerprint density at radius 3 is 2.64 bits per heavy atom. The Labute approximate surface area is 128 Å². The average Bonchev–Trinajstić information content (AvgIpc) is 2.93. The minimum atomic E-state index is -0.764. The number of hydrogen-bond donors (Lipinski definition) is 2. The van der Waals surface area contributed by atoms with Crippen LogP contribution in [0.15, 0.2) is 18.2 Å². The molecule has 5 nitrogen and oxygen atoms in total. The third kappa shape index (κ3) is 2.77. The van der Waals surface area contributed by atoms with E-state index in [2.05, 4.69) is 5.32 Å². The second kappa shape index (κ2) is 5.94. The summed E-state index contributed by atoms with van der Waals surface area (Å²) in [5, 5.41) is 11.9. The van der Waals surface area contributed by atoms with Gasteiger partial charge in [-0.05, 0) is 43.7 Å². The number of nitrogens with zero attached hydrogens (tertiary/aromatic N) is 1. The molecule has 1 aliphatic carbocycles. The van der Waals surface area contributed by atoms with Gasteiger partial charge in [-0.1, -0.05) is 12.1 Å². The number of carbonyl (C=O) groups is 2. The number of aliphatic carboxylic acids is 1. The van der Waals surface area contributed by atoms with Crippen LogP contribution in [0.1, 0.15) is 31.2 Å². The fraction of sp³-hybridized carbons (Fsp3) is 0.500. The molecule has 0 aromatic heterocycles. The monoisotopic (exact) mass is 306 g/mol. The molecule has 1 fully saturated rings. The maximum absolute atomic E-state index is 13.9. The summed E-state index contributed by atoms with van der Waals surface area (Å²) in [6.07, 6.45) is 3.12. The normalized spacial score (nSPS) is 24.0. The van der Waals surface area contributed by atoms with Gasteiger partial charge in [-0.2, -0.15) is 0 Å². The number of fused-ring (bicyclic) bond motifs is 1. The first-order valence-corrected chi connectivity index (χ1v) is 7.64. The predicted octanol–water partition coefficient (Wildman–Crippen LogP) is 2.54. The Morgan fingerprint density at radius 1 is 1.23 bits per heavy atom.